The van der Waals surface area contributed by atoms with E-state index in [-0.39, 0.29) is 17.8 Å². The number of hydrogen-bond acceptors (Lipinski definition) is 6. The van der Waals surface area contributed by atoms with E-state index in [1.165, 1.54) is 19.2 Å². The zero-order chi connectivity index (χ0) is 19.4. The van der Waals surface area contributed by atoms with Crippen LogP contribution in [0.4, 0.5) is 13.2 Å². The summed E-state index contributed by atoms with van der Waals surface area (Å²) in [6.07, 6.45) is -1.99. The molecule has 1 amide bonds. The van der Waals surface area contributed by atoms with Crippen LogP contribution in [0, 0.1) is 0 Å². The van der Waals surface area contributed by atoms with Gasteiger partial charge in [-0.05, 0) is 31.4 Å². The van der Waals surface area contributed by atoms with Crippen molar-refractivity contribution in [2.24, 2.45) is 0 Å². The summed E-state index contributed by atoms with van der Waals surface area (Å²) >= 11 is 0. The number of carbonyl (C=O) groups excluding carboxylic acids is 1. The van der Waals surface area contributed by atoms with E-state index >= 15 is 0 Å². The van der Waals surface area contributed by atoms with Gasteiger partial charge in [0.25, 0.3) is 5.91 Å². The molecule has 1 N–H and O–H groups in total. The van der Waals surface area contributed by atoms with E-state index in [1.54, 1.807) is 12.1 Å². The zero-order valence-electron chi connectivity index (χ0n) is 14.6. The number of benzene rings is 1. The molecule has 3 rings (SSSR count). The monoisotopic (exact) mass is 384 g/mol. The number of halogens is 3. The van der Waals surface area contributed by atoms with Crippen molar-refractivity contribution in [2.75, 3.05) is 20.2 Å². The van der Waals surface area contributed by atoms with Gasteiger partial charge < -0.3 is 14.3 Å². The van der Waals surface area contributed by atoms with Gasteiger partial charge in [-0.2, -0.15) is 18.2 Å². The minimum Gasteiger partial charge on any atom is -0.336 e. The van der Waals surface area contributed by atoms with Crippen LogP contribution < -0.4 is 5.48 Å². The summed E-state index contributed by atoms with van der Waals surface area (Å²) in [5.74, 6) is -1.68. The molecule has 2 aromatic rings. The maximum Gasteiger partial charge on any atom is 0.471 e. The summed E-state index contributed by atoms with van der Waals surface area (Å²) in [7, 11) is 1.53. The Hall–Kier alpha value is -2.46. The van der Waals surface area contributed by atoms with Gasteiger partial charge in [0, 0.05) is 30.3 Å². The van der Waals surface area contributed by atoms with Crippen molar-refractivity contribution in [1.82, 2.24) is 20.5 Å². The van der Waals surface area contributed by atoms with Crippen LogP contribution in [0.15, 0.2) is 28.8 Å². The van der Waals surface area contributed by atoms with Crippen molar-refractivity contribution >= 4 is 5.91 Å². The molecule has 1 fully saturated rings. The predicted molar refractivity (Wildman–Crippen MR) is 88.4 cm³/mol. The first-order chi connectivity index (χ1) is 12.9. The molecule has 146 valence electrons. The molecule has 1 saturated carbocycles. The second-order valence-corrected chi connectivity index (χ2v) is 6.18. The predicted octanol–water partition coefficient (Wildman–Crippen LogP) is 2.90. The molecule has 27 heavy (non-hydrogen) atoms. The Morgan fingerprint density at radius 2 is 2.04 bits per heavy atom. The molecule has 0 atom stereocenters. The fraction of sp³-hybridized carbons (Fsp3) is 0.471. The standard InChI is InChI=1S/C17H19F3N4O3/c1-26-21-9-2-10-24(13-7-8-13)15(25)12-5-3-11(4-6-12)14-22-16(27-23-14)17(18,19)20/h3-6,13,21H,2,7-10H2,1H3. The number of nitrogens with zero attached hydrogens (tertiary/aromatic N) is 3. The molecule has 10 heteroatoms. The molecule has 1 aromatic carbocycles. The molecular formula is C17H19F3N4O3. The lowest BCUT2D eigenvalue weighted by atomic mass is 10.1. The second-order valence-electron chi connectivity index (χ2n) is 6.18. The van der Waals surface area contributed by atoms with Gasteiger partial charge in [-0.3, -0.25) is 4.79 Å². The summed E-state index contributed by atoms with van der Waals surface area (Å²) in [5.41, 5.74) is 3.54. The van der Waals surface area contributed by atoms with Gasteiger partial charge >= 0.3 is 12.1 Å². The first-order valence-corrected chi connectivity index (χ1v) is 8.48. The topological polar surface area (TPSA) is 80.5 Å². The van der Waals surface area contributed by atoms with Crippen molar-refractivity contribution in [2.45, 2.75) is 31.5 Å². The Kier molecular flexibility index (Phi) is 5.76. The number of amides is 1. The van der Waals surface area contributed by atoms with Gasteiger partial charge in [-0.1, -0.05) is 17.3 Å². The van der Waals surface area contributed by atoms with Crippen molar-refractivity contribution in [1.29, 1.82) is 0 Å². The highest BCUT2D eigenvalue weighted by atomic mass is 19.4. The Morgan fingerprint density at radius 3 is 2.59 bits per heavy atom. The fourth-order valence-electron chi connectivity index (χ4n) is 2.64. The third kappa shape index (κ3) is 4.83. The number of hydrogen-bond donors (Lipinski definition) is 1. The molecule has 0 aliphatic heterocycles. The highest BCUT2D eigenvalue weighted by Crippen LogP contribution is 2.30. The number of carbonyl (C=O) groups is 1. The van der Waals surface area contributed by atoms with Gasteiger partial charge in [-0.25, -0.2) is 5.48 Å². The number of alkyl halides is 3. The summed E-state index contributed by atoms with van der Waals surface area (Å²) < 4.78 is 41.9. The Bertz CT molecular complexity index is 772. The number of nitrogens with one attached hydrogen (secondary N) is 1. The first kappa shape index (κ1) is 19.3. The summed E-state index contributed by atoms with van der Waals surface area (Å²) in [6, 6.07) is 6.38. The van der Waals surface area contributed by atoms with Crippen molar-refractivity contribution in [3.8, 4) is 11.4 Å². The van der Waals surface area contributed by atoms with Crippen LogP contribution in [-0.4, -0.2) is 47.2 Å². The van der Waals surface area contributed by atoms with Crippen molar-refractivity contribution < 1.29 is 27.3 Å². The van der Waals surface area contributed by atoms with Crippen LogP contribution in [0.3, 0.4) is 0 Å². The molecule has 1 aliphatic carbocycles. The third-order valence-electron chi connectivity index (χ3n) is 4.13. The largest absolute Gasteiger partial charge is 0.471 e. The highest BCUT2D eigenvalue weighted by molar-refractivity contribution is 5.95. The highest BCUT2D eigenvalue weighted by Gasteiger charge is 2.38. The Balaban J connectivity index is 1.68. The molecule has 0 radical (unpaired) electrons. The fourth-order valence-corrected chi connectivity index (χ4v) is 2.64. The van der Waals surface area contributed by atoms with Crippen LogP contribution in [0.1, 0.15) is 35.5 Å². The Morgan fingerprint density at radius 1 is 1.33 bits per heavy atom. The van der Waals surface area contributed by atoms with Crippen molar-refractivity contribution in [3.63, 3.8) is 0 Å². The number of rotatable bonds is 8. The minimum atomic E-state index is -4.69. The van der Waals surface area contributed by atoms with Gasteiger partial charge in [0.05, 0.1) is 7.11 Å². The van der Waals surface area contributed by atoms with Crippen LogP contribution in [0.25, 0.3) is 11.4 Å². The maximum atomic E-state index is 12.7. The molecule has 1 heterocycles. The number of hydroxylamine groups is 1. The molecule has 0 bridgehead atoms. The summed E-state index contributed by atoms with van der Waals surface area (Å²) in [4.78, 5) is 22.7. The summed E-state index contributed by atoms with van der Waals surface area (Å²) in [6.45, 7) is 1.23. The van der Waals surface area contributed by atoms with Crippen molar-refractivity contribution in [3.05, 3.63) is 35.7 Å². The molecular weight excluding hydrogens is 365 g/mol. The Labute approximate surface area is 153 Å². The lowest BCUT2D eigenvalue weighted by Gasteiger charge is -2.22. The van der Waals surface area contributed by atoms with E-state index in [0.29, 0.717) is 24.2 Å². The smallest absolute Gasteiger partial charge is 0.336 e. The lowest BCUT2D eigenvalue weighted by molar-refractivity contribution is -0.159. The summed E-state index contributed by atoms with van der Waals surface area (Å²) in [5, 5.41) is 3.34. The van der Waals surface area contributed by atoms with E-state index in [4.69, 9.17) is 4.84 Å². The molecule has 1 aliphatic rings. The van der Waals surface area contributed by atoms with E-state index in [1.807, 2.05) is 4.90 Å². The molecule has 1 aromatic heterocycles. The quantitative estimate of drug-likeness (QED) is 0.557. The van der Waals surface area contributed by atoms with E-state index < -0.39 is 12.1 Å². The second kappa shape index (κ2) is 8.05. The third-order valence-corrected chi connectivity index (χ3v) is 4.13. The molecule has 7 nitrogen and oxygen atoms in total. The minimum absolute atomic E-state index is 0.106. The normalized spacial score (nSPS) is 14.4. The van der Waals surface area contributed by atoms with E-state index in [2.05, 4.69) is 20.1 Å². The molecule has 0 spiro atoms. The molecule has 0 unspecified atom stereocenters. The average molecular weight is 384 g/mol. The number of aromatic nitrogens is 2. The van der Waals surface area contributed by atoms with Crippen LogP contribution in [-0.2, 0) is 11.0 Å². The van der Waals surface area contributed by atoms with Gasteiger partial charge in [0.1, 0.15) is 0 Å². The first-order valence-electron chi connectivity index (χ1n) is 8.48. The van der Waals surface area contributed by atoms with E-state index in [0.717, 1.165) is 19.3 Å². The average Bonchev–Trinajstić information content (AvgIpc) is 3.34. The van der Waals surface area contributed by atoms with E-state index in [9.17, 15) is 18.0 Å². The maximum absolute atomic E-state index is 12.7. The van der Waals surface area contributed by atoms with Gasteiger partial charge in [-0.15, -0.1) is 0 Å². The molecule has 0 saturated heterocycles. The van der Waals surface area contributed by atoms with Crippen LogP contribution in [0.5, 0.6) is 0 Å². The SMILES string of the molecule is CONCCCN(C(=O)c1ccc(-c2noc(C(F)(F)F)n2)cc1)C1CC1. The zero-order valence-corrected chi connectivity index (χ0v) is 14.6. The van der Waals surface area contributed by atoms with Gasteiger partial charge in [0.2, 0.25) is 5.82 Å². The lowest BCUT2D eigenvalue weighted by Crippen LogP contribution is -2.35. The van der Waals surface area contributed by atoms with Crippen LogP contribution >= 0.6 is 0 Å². The van der Waals surface area contributed by atoms with Gasteiger partial charge in [0.15, 0.2) is 0 Å². The van der Waals surface area contributed by atoms with Crippen LogP contribution in [0.2, 0.25) is 0 Å².